The first kappa shape index (κ1) is 17.7. The molecular formula is C23H24N2O2S. The third-order valence-corrected chi connectivity index (χ3v) is 7.12. The number of thiophene rings is 1. The monoisotopic (exact) mass is 392 g/mol. The molecule has 2 aromatic carbocycles. The van der Waals surface area contributed by atoms with E-state index in [0.717, 1.165) is 61.9 Å². The number of nitrogens with zero attached hydrogens (tertiary/aromatic N) is 2. The van der Waals surface area contributed by atoms with Crippen LogP contribution < -0.4 is 4.74 Å². The van der Waals surface area contributed by atoms with Crippen LogP contribution in [0, 0.1) is 6.92 Å². The van der Waals surface area contributed by atoms with E-state index in [-0.39, 0.29) is 5.91 Å². The van der Waals surface area contributed by atoms with Crippen molar-refractivity contribution in [2.45, 2.75) is 19.9 Å². The number of rotatable bonds is 3. The fourth-order valence-corrected chi connectivity index (χ4v) is 5.40. The number of ether oxygens (including phenoxy) is 1. The lowest BCUT2D eigenvalue weighted by molar-refractivity contribution is 0.0632. The molecule has 5 heteroatoms. The largest absolute Gasteiger partial charge is 0.493 e. The summed E-state index contributed by atoms with van der Waals surface area (Å²) in [6.45, 7) is 7.24. The Morgan fingerprint density at radius 3 is 2.75 bits per heavy atom. The summed E-state index contributed by atoms with van der Waals surface area (Å²) in [5, 5.41) is 1.20. The maximum Gasteiger partial charge on any atom is 0.264 e. The molecule has 0 N–H and O–H groups in total. The first-order valence-corrected chi connectivity index (χ1v) is 10.7. The summed E-state index contributed by atoms with van der Waals surface area (Å²) >= 11 is 1.62. The predicted molar refractivity (Wildman–Crippen MR) is 113 cm³/mol. The minimum Gasteiger partial charge on any atom is -0.493 e. The lowest BCUT2D eigenvalue weighted by Gasteiger charge is -2.34. The molecule has 1 saturated heterocycles. The zero-order chi connectivity index (χ0) is 19.1. The molecule has 0 aliphatic carbocycles. The van der Waals surface area contributed by atoms with Crippen molar-refractivity contribution in [3.8, 4) is 5.75 Å². The summed E-state index contributed by atoms with van der Waals surface area (Å²) in [6, 6.07) is 14.8. The second kappa shape index (κ2) is 7.22. The fraction of sp³-hybridized carbons (Fsp3) is 0.348. The van der Waals surface area contributed by atoms with Crippen molar-refractivity contribution < 1.29 is 9.53 Å². The van der Waals surface area contributed by atoms with E-state index in [1.165, 1.54) is 21.2 Å². The Labute approximate surface area is 169 Å². The molecule has 0 saturated carbocycles. The third kappa shape index (κ3) is 3.19. The molecule has 1 fully saturated rings. The van der Waals surface area contributed by atoms with Crippen LogP contribution in [0.25, 0.3) is 10.1 Å². The Kier molecular flexibility index (Phi) is 4.57. The van der Waals surface area contributed by atoms with Crippen molar-refractivity contribution in [1.82, 2.24) is 9.80 Å². The van der Waals surface area contributed by atoms with Gasteiger partial charge in [0.15, 0.2) is 0 Å². The van der Waals surface area contributed by atoms with Crippen LogP contribution in [-0.2, 0) is 13.0 Å². The molecule has 1 aromatic heterocycles. The number of hydrogen-bond acceptors (Lipinski definition) is 4. The van der Waals surface area contributed by atoms with Crippen LogP contribution in [0.5, 0.6) is 5.75 Å². The number of piperazine rings is 1. The zero-order valence-corrected chi connectivity index (χ0v) is 16.9. The van der Waals surface area contributed by atoms with Gasteiger partial charge in [-0.3, -0.25) is 9.69 Å². The van der Waals surface area contributed by atoms with Crippen molar-refractivity contribution in [2.24, 2.45) is 0 Å². The first-order chi connectivity index (χ1) is 13.7. The van der Waals surface area contributed by atoms with Gasteiger partial charge in [0.2, 0.25) is 0 Å². The van der Waals surface area contributed by atoms with Crippen LogP contribution >= 0.6 is 11.3 Å². The topological polar surface area (TPSA) is 32.8 Å². The van der Waals surface area contributed by atoms with Gasteiger partial charge in [-0.2, -0.15) is 0 Å². The SMILES string of the molecule is Cc1c(C(=O)N2CCN(Cc3ccc4c(c3)CCO4)CC2)sc2ccccc12. The molecule has 2 aliphatic heterocycles. The number of carbonyl (C=O) groups excluding carboxylic acids is 1. The van der Waals surface area contributed by atoms with Crippen molar-refractivity contribution in [2.75, 3.05) is 32.8 Å². The molecule has 5 rings (SSSR count). The van der Waals surface area contributed by atoms with Crippen LogP contribution in [-0.4, -0.2) is 48.5 Å². The molecule has 3 aromatic rings. The lowest BCUT2D eigenvalue weighted by Crippen LogP contribution is -2.48. The van der Waals surface area contributed by atoms with Crippen molar-refractivity contribution in [3.63, 3.8) is 0 Å². The van der Waals surface area contributed by atoms with Crippen LogP contribution in [0.15, 0.2) is 42.5 Å². The summed E-state index contributed by atoms with van der Waals surface area (Å²) in [6.07, 6.45) is 1.01. The highest BCUT2D eigenvalue weighted by atomic mass is 32.1. The molecule has 0 radical (unpaired) electrons. The smallest absolute Gasteiger partial charge is 0.264 e. The summed E-state index contributed by atoms with van der Waals surface area (Å²) in [4.78, 5) is 18.4. The highest BCUT2D eigenvalue weighted by molar-refractivity contribution is 7.21. The van der Waals surface area contributed by atoms with Crippen LogP contribution in [0.1, 0.15) is 26.4 Å². The standard InChI is InChI=1S/C23H24N2O2S/c1-16-19-4-2-3-5-21(19)28-22(16)23(26)25-11-9-24(10-12-25)15-17-6-7-20-18(14-17)8-13-27-20/h2-7,14H,8-13,15H2,1H3. The van der Waals surface area contributed by atoms with Crippen molar-refractivity contribution >= 4 is 27.3 Å². The van der Waals surface area contributed by atoms with Gasteiger partial charge in [-0.15, -0.1) is 11.3 Å². The number of carbonyl (C=O) groups is 1. The van der Waals surface area contributed by atoms with E-state index in [4.69, 9.17) is 4.74 Å². The Balaban J connectivity index is 1.24. The predicted octanol–water partition coefficient (Wildman–Crippen LogP) is 4.10. The van der Waals surface area contributed by atoms with Gasteiger partial charge < -0.3 is 9.64 Å². The fourth-order valence-electron chi connectivity index (χ4n) is 4.23. The normalized spacial score (nSPS) is 17.0. The van der Waals surface area contributed by atoms with Gasteiger partial charge in [0, 0.05) is 43.8 Å². The molecule has 0 atom stereocenters. The summed E-state index contributed by atoms with van der Waals surface area (Å²) in [5.74, 6) is 1.23. The minimum atomic E-state index is 0.188. The highest BCUT2D eigenvalue weighted by Gasteiger charge is 2.25. The molecule has 144 valence electrons. The number of benzene rings is 2. The Morgan fingerprint density at radius 1 is 1.11 bits per heavy atom. The van der Waals surface area contributed by atoms with E-state index >= 15 is 0 Å². The van der Waals surface area contributed by atoms with Gasteiger partial charge in [-0.1, -0.05) is 30.3 Å². The third-order valence-electron chi connectivity index (χ3n) is 5.86. The van der Waals surface area contributed by atoms with E-state index < -0.39 is 0 Å². The maximum absolute atomic E-state index is 13.1. The Morgan fingerprint density at radius 2 is 1.93 bits per heavy atom. The molecule has 3 heterocycles. The molecular weight excluding hydrogens is 368 g/mol. The van der Waals surface area contributed by atoms with E-state index in [1.807, 2.05) is 17.0 Å². The van der Waals surface area contributed by atoms with Gasteiger partial charge in [-0.25, -0.2) is 0 Å². The minimum absolute atomic E-state index is 0.188. The first-order valence-electron chi connectivity index (χ1n) is 9.93. The average Bonchev–Trinajstić information content (AvgIpc) is 3.32. The van der Waals surface area contributed by atoms with Crippen molar-refractivity contribution in [3.05, 3.63) is 64.0 Å². The second-order valence-electron chi connectivity index (χ2n) is 7.66. The zero-order valence-electron chi connectivity index (χ0n) is 16.1. The molecule has 4 nitrogen and oxygen atoms in total. The average molecular weight is 393 g/mol. The lowest BCUT2D eigenvalue weighted by atomic mass is 10.1. The highest BCUT2D eigenvalue weighted by Crippen LogP contribution is 2.32. The summed E-state index contributed by atoms with van der Waals surface area (Å²) in [7, 11) is 0. The Hall–Kier alpha value is -2.37. The molecule has 0 spiro atoms. The second-order valence-corrected chi connectivity index (χ2v) is 8.71. The number of fused-ring (bicyclic) bond motifs is 2. The van der Waals surface area contributed by atoms with Gasteiger partial charge in [0.1, 0.15) is 5.75 Å². The molecule has 1 amide bonds. The number of hydrogen-bond donors (Lipinski definition) is 0. The summed E-state index contributed by atoms with van der Waals surface area (Å²) < 4.78 is 6.80. The van der Waals surface area contributed by atoms with E-state index in [9.17, 15) is 4.79 Å². The molecule has 2 aliphatic rings. The van der Waals surface area contributed by atoms with Crippen LogP contribution in [0.2, 0.25) is 0 Å². The van der Waals surface area contributed by atoms with Gasteiger partial charge >= 0.3 is 0 Å². The molecule has 0 unspecified atom stereocenters. The number of aryl methyl sites for hydroxylation is 1. The quantitative estimate of drug-likeness (QED) is 0.673. The van der Waals surface area contributed by atoms with Gasteiger partial charge in [-0.05, 0) is 41.1 Å². The molecule has 0 bridgehead atoms. The molecule has 28 heavy (non-hydrogen) atoms. The summed E-state index contributed by atoms with van der Waals surface area (Å²) in [5.41, 5.74) is 3.78. The van der Waals surface area contributed by atoms with Gasteiger partial charge in [0.05, 0.1) is 11.5 Å². The van der Waals surface area contributed by atoms with Crippen LogP contribution in [0.3, 0.4) is 0 Å². The Bertz CT molecular complexity index is 1030. The maximum atomic E-state index is 13.1. The van der Waals surface area contributed by atoms with Crippen LogP contribution in [0.4, 0.5) is 0 Å². The van der Waals surface area contributed by atoms with E-state index in [2.05, 4.69) is 42.2 Å². The van der Waals surface area contributed by atoms with Gasteiger partial charge in [0.25, 0.3) is 5.91 Å². The van der Waals surface area contributed by atoms with E-state index in [1.54, 1.807) is 11.3 Å². The number of amides is 1. The van der Waals surface area contributed by atoms with E-state index in [0.29, 0.717) is 0 Å². The van der Waals surface area contributed by atoms with Crippen molar-refractivity contribution in [1.29, 1.82) is 0 Å².